The van der Waals surface area contributed by atoms with Crippen LogP contribution < -0.4 is 26.4 Å². The Morgan fingerprint density at radius 1 is 1.22 bits per heavy atom. The Balaban J connectivity index is 1.17. The van der Waals surface area contributed by atoms with Gasteiger partial charge in [-0.2, -0.15) is 5.10 Å². The summed E-state index contributed by atoms with van der Waals surface area (Å²) in [6.07, 6.45) is 4.86. The molecular weight excluding hydrogens is 468 g/mol. The molecule has 0 saturated carbocycles. The molecule has 3 aromatic rings. The van der Waals surface area contributed by atoms with Gasteiger partial charge in [-0.15, -0.1) is 0 Å². The number of hydrazine groups is 1. The van der Waals surface area contributed by atoms with Crippen LogP contribution >= 0.6 is 0 Å². The molecule has 2 fully saturated rings. The number of nitrogens with zero attached hydrogens (tertiary/aromatic N) is 5. The molecule has 3 aromatic heterocycles. The zero-order valence-electron chi connectivity index (χ0n) is 20.3. The molecule has 0 bridgehead atoms. The Labute approximate surface area is 207 Å². The van der Waals surface area contributed by atoms with E-state index >= 15 is 0 Å². The molecule has 2 unspecified atom stereocenters. The smallest absolute Gasteiger partial charge is 0.227 e. The summed E-state index contributed by atoms with van der Waals surface area (Å²) in [5.41, 5.74) is 7.59. The fraction of sp³-hybridized carbons (Fsp3) is 0.417. The van der Waals surface area contributed by atoms with Crippen molar-refractivity contribution < 1.29 is 13.6 Å². The van der Waals surface area contributed by atoms with E-state index in [2.05, 4.69) is 43.5 Å². The SMILES string of the molecule is Cc1cc(NC2CC(C)NN2)nc(N2CC(C(=O)N[C@@H](C)c3ccc(-n4cc(F)cn4)nc3)C2)c1F. The lowest BCUT2D eigenvalue weighted by molar-refractivity contribution is -0.126. The molecule has 0 aromatic carbocycles. The number of carbonyl (C=O) groups is 1. The van der Waals surface area contributed by atoms with Gasteiger partial charge in [0.1, 0.15) is 5.82 Å². The Hall–Kier alpha value is -3.64. The van der Waals surface area contributed by atoms with Crippen molar-refractivity contribution in [3.63, 3.8) is 0 Å². The van der Waals surface area contributed by atoms with Gasteiger partial charge in [0, 0.05) is 25.3 Å². The first-order valence-corrected chi connectivity index (χ1v) is 11.9. The van der Waals surface area contributed by atoms with Crippen molar-refractivity contribution in [3.8, 4) is 5.82 Å². The molecule has 36 heavy (non-hydrogen) atoms. The number of nitrogens with one attached hydrogen (secondary N) is 4. The molecular formula is C24H29F2N9O. The highest BCUT2D eigenvalue weighted by Gasteiger charge is 2.36. The molecule has 3 atom stereocenters. The number of aryl methyl sites for hydroxylation is 1. The maximum Gasteiger partial charge on any atom is 0.227 e. The zero-order chi connectivity index (χ0) is 25.4. The number of rotatable bonds is 7. The highest BCUT2D eigenvalue weighted by atomic mass is 19.1. The molecule has 5 heterocycles. The van der Waals surface area contributed by atoms with Crippen LogP contribution in [0.1, 0.15) is 37.4 Å². The van der Waals surface area contributed by atoms with E-state index in [4.69, 9.17) is 0 Å². The van der Waals surface area contributed by atoms with E-state index < -0.39 is 5.82 Å². The van der Waals surface area contributed by atoms with Crippen molar-refractivity contribution in [1.29, 1.82) is 0 Å². The van der Waals surface area contributed by atoms with Crippen LogP contribution in [0.4, 0.5) is 20.4 Å². The fourth-order valence-electron chi connectivity index (χ4n) is 4.36. The van der Waals surface area contributed by atoms with Crippen molar-refractivity contribution in [2.45, 2.75) is 45.4 Å². The van der Waals surface area contributed by atoms with Gasteiger partial charge in [0.05, 0.1) is 30.5 Å². The number of aromatic nitrogens is 4. The second-order valence-corrected chi connectivity index (χ2v) is 9.47. The van der Waals surface area contributed by atoms with E-state index in [9.17, 15) is 13.6 Å². The molecule has 0 radical (unpaired) electrons. The summed E-state index contributed by atoms with van der Waals surface area (Å²) in [4.78, 5) is 23.4. The summed E-state index contributed by atoms with van der Waals surface area (Å²) >= 11 is 0. The minimum absolute atomic E-state index is 0.00545. The van der Waals surface area contributed by atoms with E-state index in [1.807, 2.05) is 13.0 Å². The monoisotopic (exact) mass is 497 g/mol. The number of pyridine rings is 2. The molecule has 0 aliphatic carbocycles. The molecule has 12 heteroatoms. The average molecular weight is 498 g/mol. The number of carbonyl (C=O) groups excluding carboxylic acids is 1. The number of hydrogen-bond acceptors (Lipinski definition) is 8. The summed E-state index contributed by atoms with van der Waals surface area (Å²) in [5.74, 6) is 0.122. The van der Waals surface area contributed by atoms with Gasteiger partial charge in [0.25, 0.3) is 0 Å². The molecule has 0 spiro atoms. The van der Waals surface area contributed by atoms with Crippen molar-refractivity contribution >= 4 is 17.5 Å². The Morgan fingerprint density at radius 2 is 2.03 bits per heavy atom. The van der Waals surface area contributed by atoms with Gasteiger partial charge in [0.15, 0.2) is 23.3 Å². The lowest BCUT2D eigenvalue weighted by Crippen LogP contribution is -2.54. The van der Waals surface area contributed by atoms with Gasteiger partial charge in [-0.25, -0.2) is 28.9 Å². The molecule has 2 aliphatic heterocycles. The maximum atomic E-state index is 14.9. The van der Waals surface area contributed by atoms with Crippen LogP contribution in [0.3, 0.4) is 0 Å². The predicted molar refractivity (Wildman–Crippen MR) is 130 cm³/mol. The van der Waals surface area contributed by atoms with Gasteiger partial charge in [0.2, 0.25) is 5.91 Å². The Kier molecular flexibility index (Phi) is 6.54. The van der Waals surface area contributed by atoms with Crippen LogP contribution in [0.5, 0.6) is 0 Å². The second kappa shape index (κ2) is 9.78. The van der Waals surface area contributed by atoms with E-state index in [0.29, 0.717) is 36.3 Å². The highest BCUT2D eigenvalue weighted by molar-refractivity contribution is 5.82. The minimum atomic E-state index is -0.443. The topological polar surface area (TPSA) is 112 Å². The zero-order valence-corrected chi connectivity index (χ0v) is 20.3. The van der Waals surface area contributed by atoms with E-state index in [-0.39, 0.29) is 35.7 Å². The fourth-order valence-corrected chi connectivity index (χ4v) is 4.36. The number of anilines is 2. The maximum absolute atomic E-state index is 14.9. The average Bonchev–Trinajstić information content (AvgIpc) is 3.43. The third-order valence-corrected chi connectivity index (χ3v) is 6.50. The van der Waals surface area contributed by atoms with Crippen LogP contribution in [0.15, 0.2) is 36.8 Å². The van der Waals surface area contributed by atoms with Crippen molar-refractivity contribution in [2.75, 3.05) is 23.3 Å². The van der Waals surface area contributed by atoms with Crippen LogP contribution in [-0.2, 0) is 4.79 Å². The van der Waals surface area contributed by atoms with Crippen LogP contribution in [0, 0.1) is 24.5 Å². The van der Waals surface area contributed by atoms with Crippen LogP contribution in [0.2, 0.25) is 0 Å². The van der Waals surface area contributed by atoms with Gasteiger partial charge >= 0.3 is 0 Å². The van der Waals surface area contributed by atoms with Crippen molar-refractivity contribution in [2.24, 2.45) is 5.92 Å². The van der Waals surface area contributed by atoms with Crippen LogP contribution in [0.25, 0.3) is 5.82 Å². The normalized spacial score (nSPS) is 20.8. The standard InChI is InChI=1S/C24H29F2N9O/c1-13-6-19(30-20-7-14(2)32-33-20)31-23(22(13)26)34-10-17(11-34)24(36)29-15(3)16-4-5-21(27-8-16)35-12-18(25)9-28-35/h4-6,8-9,12,14-15,17,20,32-33H,7,10-11H2,1-3H3,(H,29,36)(H,30,31)/t14?,15-,20?/m0/s1. The van der Waals surface area contributed by atoms with Gasteiger partial charge in [-0.3, -0.25) is 10.2 Å². The molecule has 1 amide bonds. The summed E-state index contributed by atoms with van der Waals surface area (Å²) in [7, 11) is 0. The lowest BCUT2D eigenvalue weighted by Gasteiger charge is -2.40. The Bertz CT molecular complexity index is 1240. The molecule has 5 rings (SSSR count). The second-order valence-electron chi connectivity index (χ2n) is 9.47. The summed E-state index contributed by atoms with van der Waals surface area (Å²) in [6.45, 7) is 6.42. The predicted octanol–water partition coefficient (Wildman–Crippen LogP) is 2.19. The third-order valence-electron chi connectivity index (χ3n) is 6.50. The number of halogens is 2. The quantitative estimate of drug-likeness (QED) is 0.393. The van der Waals surface area contributed by atoms with E-state index in [0.717, 1.165) is 18.2 Å². The molecule has 190 valence electrons. The van der Waals surface area contributed by atoms with E-state index in [1.54, 1.807) is 30.2 Å². The van der Waals surface area contributed by atoms with Gasteiger partial charge < -0.3 is 15.5 Å². The van der Waals surface area contributed by atoms with Crippen molar-refractivity contribution in [3.05, 3.63) is 59.6 Å². The van der Waals surface area contributed by atoms with Crippen molar-refractivity contribution in [1.82, 2.24) is 35.9 Å². The van der Waals surface area contributed by atoms with E-state index in [1.165, 1.54) is 10.9 Å². The van der Waals surface area contributed by atoms with Gasteiger partial charge in [-0.1, -0.05) is 6.07 Å². The number of hydrogen-bond donors (Lipinski definition) is 4. The molecule has 2 aliphatic rings. The number of amides is 1. The first-order chi connectivity index (χ1) is 17.3. The third kappa shape index (κ3) is 5.00. The minimum Gasteiger partial charge on any atom is -0.353 e. The summed E-state index contributed by atoms with van der Waals surface area (Å²) in [5, 5.41) is 10.2. The first kappa shape index (κ1) is 24.1. The largest absolute Gasteiger partial charge is 0.353 e. The highest BCUT2D eigenvalue weighted by Crippen LogP contribution is 2.30. The lowest BCUT2D eigenvalue weighted by atomic mass is 9.98. The summed E-state index contributed by atoms with van der Waals surface area (Å²) in [6, 6.07) is 5.27. The molecule has 10 nitrogen and oxygen atoms in total. The van der Waals surface area contributed by atoms with Crippen LogP contribution in [-0.4, -0.2) is 51.0 Å². The Morgan fingerprint density at radius 3 is 2.67 bits per heavy atom. The molecule has 4 N–H and O–H groups in total. The molecule has 2 saturated heterocycles. The van der Waals surface area contributed by atoms with Gasteiger partial charge in [-0.05, 0) is 50.5 Å². The summed E-state index contributed by atoms with van der Waals surface area (Å²) < 4.78 is 29.4. The first-order valence-electron chi connectivity index (χ1n) is 11.9.